The molecule has 2 amide bonds. The van der Waals surface area contributed by atoms with Crippen LogP contribution in [0.25, 0.3) is 0 Å². The Balaban J connectivity index is 1.90. The summed E-state index contributed by atoms with van der Waals surface area (Å²) in [6, 6.07) is 12.8. The molecule has 0 radical (unpaired) electrons. The van der Waals surface area contributed by atoms with Crippen molar-refractivity contribution in [3.8, 4) is 0 Å². The van der Waals surface area contributed by atoms with Gasteiger partial charge < -0.3 is 10.6 Å². The topological polar surface area (TPSA) is 92.3 Å². The Morgan fingerprint density at radius 3 is 2.24 bits per heavy atom. The lowest BCUT2D eigenvalue weighted by Crippen LogP contribution is -2.50. The van der Waals surface area contributed by atoms with Gasteiger partial charge >= 0.3 is 0 Å². The molecule has 1 atom stereocenters. The molecule has 0 fully saturated rings. The predicted octanol–water partition coefficient (Wildman–Crippen LogP) is 2.56. The molecule has 2 aromatic carbocycles. The van der Waals surface area contributed by atoms with E-state index in [1.807, 2.05) is 0 Å². The zero-order chi connectivity index (χ0) is 21.4. The first kappa shape index (κ1) is 22.5. The van der Waals surface area contributed by atoms with Crippen molar-refractivity contribution < 1.29 is 22.4 Å². The minimum Gasteiger partial charge on any atom is -0.354 e. The van der Waals surface area contributed by atoms with Gasteiger partial charge in [-0.2, -0.15) is 0 Å². The van der Waals surface area contributed by atoms with E-state index in [2.05, 4.69) is 10.6 Å². The fourth-order valence-electron chi connectivity index (χ4n) is 2.73. The minimum atomic E-state index is -3.42. The number of carbonyl (C=O) groups is 2. The molecule has 0 aliphatic carbocycles. The van der Waals surface area contributed by atoms with Crippen LogP contribution in [0.3, 0.4) is 0 Å². The summed E-state index contributed by atoms with van der Waals surface area (Å²) in [5.74, 6) is -2.13. The Morgan fingerprint density at radius 1 is 1.00 bits per heavy atom. The van der Waals surface area contributed by atoms with Crippen LogP contribution in [0.1, 0.15) is 30.6 Å². The largest absolute Gasteiger partial charge is 0.354 e. The second-order valence-corrected chi connectivity index (χ2v) is 9.06. The first-order valence-electron chi connectivity index (χ1n) is 9.33. The molecular formula is C21H25FN2O4S. The van der Waals surface area contributed by atoms with E-state index < -0.39 is 33.5 Å². The normalized spacial score (nSPS) is 12.4. The number of carbonyl (C=O) groups excluding carboxylic acids is 2. The van der Waals surface area contributed by atoms with E-state index >= 15 is 0 Å². The smallest absolute Gasteiger partial charge is 0.254 e. The maximum absolute atomic E-state index is 13.8. The van der Waals surface area contributed by atoms with Crippen molar-refractivity contribution in [2.45, 2.75) is 31.2 Å². The lowest BCUT2D eigenvalue weighted by atomic mass is 10.0. The van der Waals surface area contributed by atoms with Gasteiger partial charge in [0.15, 0.2) is 9.84 Å². The first-order chi connectivity index (χ1) is 13.7. The van der Waals surface area contributed by atoms with Crippen molar-refractivity contribution in [1.29, 1.82) is 0 Å². The van der Waals surface area contributed by atoms with E-state index in [9.17, 15) is 22.4 Å². The van der Waals surface area contributed by atoms with Crippen molar-refractivity contribution >= 4 is 21.7 Å². The molecule has 0 aliphatic heterocycles. The molecule has 8 heteroatoms. The Bertz CT molecular complexity index is 946. The molecule has 156 valence electrons. The minimum absolute atomic E-state index is 0.106. The van der Waals surface area contributed by atoms with Gasteiger partial charge in [-0.1, -0.05) is 44.2 Å². The van der Waals surface area contributed by atoms with Gasteiger partial charge in [-0.3, -0.25) is 9.59 Å². The number of halogens is 1. The molecule has 0 saturated carbocycles. The highest BCUT2D eigenvalue weighted by Crippen LogP contribution is 2.11. The number of amides is 2. The van der Waals surface area contributed by atoms with Crippen LogP contribution in [0.15, 0.2) is 59.5 Å². The second-order valence-electron chi connectivity index (χ2n) is 6.95. The van der Waals surface area contributed by atoms with Crippen molar-refractivity contribution in [3.63, 3.8) is 0 Å². The van der Waals surface area contributed by atoms with Crippen molar-refractivity contribution in [2.75, 3.05) is 12.3 Å². The zero-order valence-electron chi connectivity index (χ0n) is 16.4. The summed E-state index contributed by atoms with van der Waals surface area (Å²) in [4.78, 5) is 25.0. The van der Waals surface area contributed by atoms with E-state index in [0.29, 0.717) is 0 Å². The van der Waals surface area contributed by atoms with E-state index in [1.54, 1.807) is 32.0 Å². The van der Waals surface area contributed by atoms with Crippen molar-refractivity contribution in [3.05, 3.63) is 66.0 Å². The Labute approximate surface area is 170 Å². The van der Waals surface area contributed by atoms with Gasteiger partial charge in [0.1, 0.15) is 11.9 Å². The van der Waals surface area contributed by atoms with Crippen molar-refractivity contribution in [2.24, 2.45) is 5.92 Å². The van der Waals surface area contributed by atoms with Gasteiger partial charge in [0.25, 0.3) is 5.91 Å². The van der Waals surface area contributed by atoms with Crippen LogP contribution >= 0.6 is 0 Å². The van der Waals surface area contributed by atoms with Crippen LogP contribution in [0.5, 0.6) is 0 Å². The van der Waals surface area contributed by atoms with Gasteiger partial charge in [-0.15, -0.1) is 0 Å². The van der Waals surface area contributed by atoms with Gasteiger partial charge in [-0.25, -0.2) is 12.8 Å². The fourth-order valence-corrected chi connectivity index (χ4v) is 4.06. The summed E-state index contributed by atoms with van der Waals surface area (Å²) < 4.78 is 38.3. The predicted molar refractivity (Wildman–Crippen MR) is 109 cm³/mol. The number of nitrogens with one attached hydrogen (secondary N) is 2. The number of hydrogen-bond acceptors (Lipinski definition) is 4. The SMILES string of the molecule is CC(C)C(NC(=O)c1ccccc1F)C(=O)NCCCS(=O)(=O)c1ccccc1. The molecule has 0 spiro atoms. The molecule has 0 aromatic heterocycles. The van der Waals surface area contributed by atoms with Gasteiger partial charge in [0.2, 0.25) is 5.91 Å². The number of hydrogen-bond donors (Lipinski definition) is 2. The third-order valence-corrected chi connectivity index (χ3v) is 6.16. The molecule has 29 heavy (non-hydrogen) atoms. The number of sulfone groups is 1. The van der Waals surface area contributed by atoms with E-state index in [-0.39, 0.29) is 35.1 Å². The Kier molecular flexibility index (Phi) is 7.90. The van der Waals surface area contributed by atoms with Gasteiger partial charge in [0.05, 0.1) is 16.2 Å². The maximum atomic E-state index is 13.8. The van der Waals surface area contributed by atoms with Crippen molar-refractivity contribution in [1.82, 2.24) is 10.6 Å². The monoisotopic (exact) mass is 420 g/mol. The summed E-state index contributed by atoms with van der Waals surface area (Å²) in [6.45, 7) is 3.65. The molecule has 0 aliphatic rings. The lowest BCUT2D eigenvalue weighted by molar-refractivity contribution is -0.123. The van der Waals surface area contributed by atoms with E-state index in [0.717, 1.165) is 0 Å². The van der Waals surface area contributed by atoms with Crippen LogP contribution in [0.2, 0.25) is 0 Å². The van der Waals surface area contributed by atoms with Crippen LogP contribution < -0.4 is 10.6 Å². The molecule has 2 N–H and O–H groups in total. The summed E-state index contributed by atoms with van der Waals surface area (Å²) in [6.07, 6.45) is 0.231. The van der Waals surface area contributed by atoms with Gasteiger partial charge in [0, 0.05) is 6.54 Å². The van der Waals surface area contributed by atoms with E-state index in [1.165, 1.54) is 36.4 Å². The van der Waals surface area contributed by atoms with Crippen LogP contribution in [-0.4, -0.2) is 38.6 Å². The molecule has 0 saturated heterocycles. The third-order valence-electron chi connectivity index (χ3n) is 4.35. The third kappa shape index (κ3) is 6.39. The standard InChI is InChI=1S/C21H25FN2O4S/c1-15(2)19(24-20(25)17-11-6-7-12-18(17)22)21(26)23-13-8-14-29(27,28)16-9-4-3-5-10-16/h3-7,9-12,15,19H,8,13-14H2,1-2H3,(H,23,26)(H,24,25). The van der Waals surface area contributed by atoms with Crippen LogP contribution in [0.4, 0.5) is 4.39 Å². The highest BCUT2D eigenvalue weighted by Gasteiger charge is 2.25. The van der Waals surface area contributed by atoms with Gasteiger partial charge in [-0.05, 0) is 36.6 Å². The summed E-state index contributed by atoms with van der Waals surface area (Å²) in [5, 5.41) is 5.19. The zero-order valence-corrected chi connectivity index (χ0v) is 17.2. The molecule has 2 aromatic rings. The molecule has 6 nitrogen and oxygen atoms in total. The lowest BCUT2D eigenvalue weighted by Gasteiger charge is -2.22. The first-order valence-corrected chi connectivity index (χ1v) is 11.0. The molecule has 2 rings (SSSR count). The second kappa shape index (κ2) is 10.2. The maximum Gasteiger partial charge on any atom is 0.254 e. The molecular weight excluding hydrogens is 395 g/mol. The summed E-state index contributed by atoms with van der Waals surface area (Å²) in [7, 11) is -3.42. The fraction of sp³-hybridized carbons (Fsp3) is 0.333. The highest BCUT2D eigenvalue weighted by atomic mass is 32.2. The van der Waals surface area contributed by atoms with Crippen LogP contribution in [-0.2, 0) is 14.6 Å². The number of benzene rings is 2. The highest BCUT2D eigenvalue weighted by molar-refractivity contribution is 7.91. The molecule has 0 heterocycles. The Hall–Kier alpha value is -2.74. The number of rotatable bonds is 9. The summed E-state index contributed by atoms with van der Waals surface area (Å²) in [5.41, 5.74) is -0.139. The summed E-state index contributed by atoms with van der Waals surface area (Å²) >= 11 is 0. The van der Waals surface area contributed by atoms with E-state index in [4.69, 9.17) is 0 Å². The molecule has 1 unspecified atom stereocenters. The Morgan fingerprint density at radius 2 is 1.62 bits per heavy atom. The molecule has 0 bridgehead atoms. The van der Waals surface area contributed by atoms with Crippen LogP contribution in [0, 0.1) is 11.7 Å². The average molecular weight is 421 g/mol. The quantitative estimate of drug-likeness (QED) is 0.610. The average Bonchev–Trinajstić information content (AvgIpc) is 2.70.